The number of nitrogens with zero attached hydrogens (tertiary/aromatic N) is 2. The Labute approximate surface area is 224 Å². The third kappa shape index (κ3) is 4.03. The number of rotatable bonds is 4. The molecule has 3 aliphatic rings. The lowest BCUT2D eigenvalue weighted by Gasteiger charge is -2.42. The van der Waals surface area contributed by atoms with Crippen molar-refractivity contribution in [3.63, 3.8) is 0 Å². The molecule has 0 saturated carbocycles. The van der Waals surface area contributed by atoms with Crippen LogP contribution < -0.4 is 10.6 Å². The van der Waals surface area contributed by atoms with Crippen molar-refractivity contribution in [3.8, 4) is 0 Å². The number of anilines is 2. The monoisotopic (exact) mass is 534 g/mol. The molecule has 37 heavy (non-hydrogen) atoms. The second-order valence-corrected chi connectivity index (χ2v) is 12.6. The fourth-order valence-corrected chi connectivity index (χ4v) is 7.18. The summed E-state index contributed by atoms with van der Waals surface area (Å²) in [7, 11) is 0. The van der Waals surface area contributed by atoms with Crippen molar-refractivity contribution < 1.29 is 14.4 Å². The molecule has 1 aliphatic carbocycles. The number of hydrogen-bond donors (Lipinski definition) is 2. The number of nitrogens with one attached hydrogen (secondary N) is 2. The van der Waals surface area contributed by atoms with E-state index in [9.17, 15) is 14.4 Å². The lowest BCUT2D eigenvalue weighted by Crippen LogP contribution is -2.50. The summed E-state index contributed by atoms with van der Waals surface area (Å²) in [5.41, 5.74) is 2.53. The van der Waals surface area contributed by atoms with Crippen molar-refractivity contribution in [1.82, 2.24) is 9.88 Å². The lowest BCUT2D eigenvalue weighted by atomic mass is 9.79. The number of thiophene rings is 1. The van der Waals surface area contributed by atoms with Gasteiger partial charge in [-0.15, -0.1) is 11.3 Å². The molecule has 9 heteroatoms. The molecule has 2 aromatic heterocycles. The molecule has 0 radical (unpaired) electrons. The van der Waals surface area contributed by atoms with Gasteiger partial charge in [-0.2, -0.15) is 0 Å². The Morgan fingerprint density at radius 2 is 2.00 bits per heavy atom. The van der Waals surface area contributed by atoms with Gasteiger partial charge >= 0.3 is 0 Å². The standard InChI is InChI=1S/C28H27ClN4O3S/c1-27(2)10-9-20(21-7-8-22(29)37-21)33(26(27)36)15-23(34)31-18-6-5-16-13-28(14-17(16)12-18)19-4-3-11-30-24(19)32-25(28)35/h3-8,11-12,20H,9-10,13-15H2,1-2H3,(H,31,34)(H,30,32,35)/t20-,28+/m0/s1. The van der Waals surface area contributed by atoms with Crippen LogP contribution in [-0.4, -0.2) is 34.2 Å². The highest BCUT2D eigenvalue weighted by Gasteiger charge is 2.51. The van der Waals surface area contributed by atoms with Crippen LogP contribution in [0.2, 0.25) is 4.34 Å². The Morgan fingerprint density at radius 3 is 2.78 bits per heavy atom. The second kappa shape index (κ2) is 8.67. The summed E-state index contributed by atoms with van der Waals surface area (Å²) in [6, 6.07) is 13.2. The summed E-state index contributed by atoms with van der Waals surface area (Å²) in [6.45, 7) is 3.83. The van der Waals surface area contributed by atoms with Crippen LogP contribution in [0.3, 0.4) is 0 Å². The molecule has 2 N–H and O–H groups in total. The molecule has 7 nitrogen and oxygen atoms in total. The van der Waals surface area contributed by atoms with Crippen molar-refractivity contribution >= 4 is 52.2 Å². The Balaban J connectivity index is 1.20. The second-order valence-electron chi connectivity index (χ2n) is 10.8. The molecule has 1 aromatic carbocycles. The maximum absolute atomic E-state index is 13.3. The molecule has 1 saturated heterocycles. The Hall–Kier alpha value is -3.23. The quantitative estimate of drug-likeness (QED) is 0.486. The topological polar surface area (TPSA) is 91.4 Å². The van der Waals surface area contributed by atoms with E-state index in [0.717, 1.165) is 34.4 Å². The van der Waals surface area contributed by atoms with E-state index in [1.54, 1.807) is 11.1 Å². The van der Waals surface area contributed by atoms with Crippen LogP contribution >= 0.6 is 22.9 Å². The summed E-state index contributed by atoms with van der Waals surface area (Å²) < 4.78 is 0.668. The van der Waals surface area contributed by atoms with Crippen LogP contribution in [0.5, 0.6) is 0 Å². The van der Waals surface area contributed by atoms with Crippen LogP contribution in [0.1, 0.15) is 54.3 Å². The van der Waals surface area contributed by atoms with Gasteiger partial charge in [0.05, 0.1) is 15.8 Å². The summed E-state index contributed by atoms with van der Waals surface area (Å²) >= 11 is 7.62. The van der Waals surface area contributed by atoms with Crippen molar-refractivity contribution in [2.45, 2.75) is 51.0 Å². The minimum atomic E-state index is -0.657. The van der Waals surface area contributed by atoms with Crippen LogP contribution in [0.15, 0.2) is 48.7 Å². The average Bonchev–Trinajstić information content (AvgIpc) is 3.53. The Morgan fingerprint density at radius 1 is 1.19 bits per heavy atom. The van der Waals surface area contributed by atoms with Crippen LogP contribution in [0.4, 0.5) is 11.5 Å². The molecule has 1 fully saturated rings. The SMILES string of the molecule is CC1(C)CC[C@@H](c2ccc(Cl)s2)N(CC(=O)Nc2ccc3c(c2)C[C@@]2(C3)C(=O)Nc3ncccc32)C1=O. The fourth-order valence-electron chi connectivity index (χ4n) is 5.98. The zero-order chi connectivity index (χ0) is 25.9. The molecule has 2 aliphatic heterocycles. The van der Waals surface area contributed by atoms with Crippen molar-refractivity contribution in [2.24, 2.45) is 5.41 Å². The Kier molecular flexibility index (Phi) is 5.65. The van der Waals surface area contributed by atoms with E-state index in [2.05, 4.69) is 15.6 Å². The molecular weight excluding hydrogens is 508 g/mol. The first-order valence-corrected chi connectivity index (χ1v) is 13.6. The van der Waals surface area contributed by atoms with Crippen LogP contribution in [0, 0.1) is 5.41 Å². The van der Waals surface area contributed by atoms with Crippen molar-refractivity contribution in [2.75, 3.05) is 17.2 Å². The van der Waals surface area contributed by atoms with E-state index < -0.39 is 10.8 Å². The predicted molar refractivity (Wildman–Crippen MR) is 144 cm³/mol. The Bertz CT molecular complexity index is 1450. The molecule has 190 valence electrons. The van der Waals surface area contributed by atoms with Gasteiger partial charge in [0.15, 0.2) is 0 Å². The predicted octanol–water partition coefficient (Wildman–Crippen LogP) is 5.11. The molecule has 1 spiro atoms. The number of benzene rings is 1. The van der Waals surface area contributed by atoms with Gasteiger partial charge in [-0.25, -0.2) is 4.98 Å². The van der Waals surface area contributed by atoms with E-state index in [0.29, 0.717) is 28.7 Å². The summed E-state index contributed by atoms with van der Waals surface area (Å²) in [4.78, 5) is 46.5. The van der Waals surface area contributed by atoms with Gasteiger partial charge in [0.2, 0.25) is 17.7 Å². The smallest absolute Gasteiger partial charge is 0.244 e. The number of halogens is 1. The van der Waals surface area contributed by atoms with E-state index in [1.807, 2.05) is 56.3 Å². The van der Waals surface area contributed by atoms with Gasteiger partial charge in [-0.05, 0) is 67.1 Å². The number of amides is 3. The third-order valence-electron chi connectivity index (χ3n) is 7.96. The summed E-state index contributed by atoms with van der Waals surface area (Å²) in [5.74, 6) is 0.317. The normalized spacial score (nSPS) is 23.6. The number of likely N-dealkylation sites (tertiary alicyclic amines) is 1. The highest BCUT2D eigenvalue weighted by Crippen LogP contribution is 2.47. The van der Waals surface area contributed by atoms with E-state index in [-0.39, 0.29) is 30.3 Å². The highest BCUT2D eigenvalue weighted by molar-refractivity contribution is 7.16. The minimum Gasteiger partial charge on any atom is -0.325 e. The van der Waals surface area contributed by atoms with Gasteiger partial charge < -0.3 is 15.5 Å². The highest BCUT2D eigenvalue weighted by atomic mass is 35.5. The maximum Gasteiger partial charge on any atom is 0.244 e. The van der Waals surface area contributed by atoms with E-state index >= 15 is 0 Å². The molecule has 3 amide bonds. The first-order valence-electron chi connectivity index (χ1n) is 12.4. The van der Waals surface area contributed by atoms with Crippen LogP contribution in [-0.2, 0) is 32.6 Å². The molecule has 6 rings (SSSR count). The number of carbonyl (C=O) groups excluding carboxylic acids is 3. The van der Waals surface area contributed by atoms with Gasteiger partial charge in [-0.3, -0.25) is 14.4 Å². The third-order valence-corrected chi connectivity index (χ3v) is 9.29. The molecule has 0 bridgehead atoms. The van der Waals surface area contributed by atoms with Crippen molar-refractivity contribution in [3.05, 3.63) is 74.6 Å². The molecule has 2 atom stereocenters. The molecule has 0 unspecified atom stereocenters. The van der Waals surface area contributed by atoms with Crippen LogP contribution in [0.25, 0.3) is 0 Å². The maximum atomic E-state index is 13.3. The van der Waals surface area contributed by atoms with E-state index in [4.69, 9.17) is 11.6 Å². The fraction of sp³-hybridized carbons (Fsp3) is 0.357. The minimum absolute atomic E-state index is 0.0289. The number of pyridine rings is 1. The number of fused-ring (bicyclic) bond motifs is 3. The zero-order valence-corrected chi connectivity index (χ0v) is 22.2. The molecule has 4 heterocycles. The summed E-state index contributed by atoms with van der Waals surface area (Å²) in [5, 5.41) is 5.91. The van der Waals surface area contributed by atoms with E-state index in [1.165, 1.54) is 11.3 Å². The average molecular weight is 535 g/mol. The molecule has 3 aromatic rings. The largest absolute Gasteiger partial charge is 0.325 e. The molecular formula is C28H27ClN4O3S. The first-order chi connectivity index (χ1) is 17.7. The zero-order valence-electron chi connectivity index (χ0n) is 20.6. The van der Waals surface area contributed by atoms with Gasteiger partial charge in [0, 0.05) is 27.7 Å². The number of piperidine rings is 1. The van der Waals surface area contributed by atoms with Crippen molar-refractivity contribution in [1.29, 1.82) is 0 Å². The van der Waals surface area contributed by atoms with Gasteiger partial charge in [-0.1, -0.05) is 37.6 Å². The summed E-state index contributed by atoms with van der Waals surface area (Å²) in [6.07, 6.45) is 4.37. The van der Waals surface area contributed by atoms with Gasteiger partial charge in [0.25, 0.3) is 0 Å². The number of hydrogen-bond acceptors (Lipinski definition) is 5. The lowest BCUT2D eigenvalue weighted by molar-refractivity contribution is -0.150. The van der Waals surface area contributed by atoms with Gasteiger partial charge in [0.1, 0.15) is 12.4 Å². The number of aromatic nitrogens is 1. The first kappa shape index (κ1) is 24.1. The number of carbonyl (C=O) groups is 3.